The highest BCUT2D eigenvalue weighted by atomic mass is 32.1. The number of rotatable bonds is 8. The molecule has 1 amide bonds. The van der Waals surface area contributed by atoms with Gasteiger partial charge in [0.25, 0.3) is 11.9 Å². The third-order valence-corrected chi connectivity index (χ3v) is 7.32. The molecule has 0 atom stereocenters. The van der Waals surface area contributed by atoms with Gasteiger partial charge in [-0.2, -0.15) is 9.78 Å². The van der Waals surface area contributed by atoms with Crippen molar-refractivity contribution >= 4 is 17.2 Å². The molecular weight excluding hydrogens is 462 g/mol. The highest BCUT2D eigenvalue weighted by Crippen LogP contribution is 2.34. The normalized spacial score (nSPS) is 15.1. The van der Waals surface area contributed by atoms with E-state index in [9.17, 15) is 4.79 Å². The minimum atomic E-state index is -0.195. The molecule has 0 bridgehead atoms. The summed E-state index contributed by atoms with van der Waals surface area (Å²) in [5.74, 6) is 0.201. The quantitative estimate of drug-likeness (QED) is 0.402. The van der Waals surface area contributed by atoms with Crippen LogP contribution in [0, 0.1) is 0 Å². The van der Waals surface area contributed by atoms with E-state index in [0.29, 0.717) is 37.0 Å². The summed E-state index contributed by atoms with van der Waals surface area (Å²) in [6.07, 6.45) is 4.96. The van der Waals surface area contributed by atoms with Crippen molar-refractivity contribution in [1.29, 1.82) is 0 Å². The molecule has 0 radical (unpaired) electrons. The zero-order valence-corrected chi connectivity index (χ0v) is 20.3. The third-order valence-electron chi connectivity index (χ3n) is 6.42. The van der Waals surface area contributed by atoms with Crippen LogP contribution in [0.2, 0.25) is 0 Å². The zero-order valence-electron chi connectivity index (χ0n) is 19.5. The van der Waals surface area contributed by atoms with Crippen molar-refractivity contribution in [1.82, 2.24) is 25.1 Å². The van der Waals surface area contributed by atoms with Crippen molar-refractivity contribution < 1.29 is 14.3 Å². The fourth-order valence-corrected chi connectivity index (χ4v) is 5.18. The van der Waals surface area contributed by atoms with E-state index in [2.05, 4.69) is 32.5 Å². The van der Waals surface area contributed by atoms with Gasteiger partial charge in [-0.1, -0.05) is 36.4 Å². The van der Waals surface area contributed by atoms with Gasteiger partial charge in [0.1, 0.15) is 0 Å². The van der Waals surface area contributed by atoms with Gasteiger partial charge in [0.15, 0.2) is 0 Å². The monoisotopic (exact) mass is 489 g/mol. The Labute approximate surface area is 208 Å². The maximum atomic E-state index is 13.4. The van der Waals surface area contributed by atoms with Crippen LogP contribution in [0.25, 0.3) is 16.5 Å². The van der Waals surface area contributed by atoms with Crippen molar-refractivity contribution in [3.05, 3.63) is 83.1 Å². The van der Waals surface area contributed by atoms with Crippen molar-refractivity contribution in [2.24, 2.45) is 0 Å². The molecule has 180 valence electrons. The van der Waals surface area contributed by atoms with Crippen LogP contribution in [0.15, 0.2) is 66.3 Å². The second-order valence-corrected chi connectivity index (χ2v) is 9.46. The summed E-state index contributed by atoms with van der Waals surface area (Å²) < 4.78 is 12.6. The number of nitrogens with zero attached hydrogens (tertiary/aromatic N) is 4. The Morgan fingerprint density at radius 2 is 2.00 bits per heavy atom. The Balaban J connectivity index is 1.40. The van der Waals surface area contributed by atoms with Crippen LogP contribution in [0.4, 0.5) is 0 Å². The van der Waals surface area contributed by atoms with Crippen molar-refractivity contribution in [2.45, 2.75) is 24.9 Å². The van der Waals surface area contributed by atoms with Gasteiger partial charge in [0.2, 0.25) is 0 Å². The minimum absolute atomic E-state index is 0.162. The third kappa shape index (κ3) is 4.88. The summed E-state index contributed by atoms with van der Waals surface area (Å²) >= 11 is 1.60. The lowest BCUT2D eigenvalue weighted by Crippen LogP contribution is -2.44. The SMILES string of the molecule is COCc1c(C(=O)NCC2(c3ccccc3)CCOCC2)cnn1-c1nccc(-c2cccs2)n1. The maximum Gasteiger partial charge on any atom is 0.254 e. The molecule has 1 N–H and O–H groups in total. The fourth-order valence-electron chi connectivity index (χ4n) is 4.49. The van der Waals surface area contributed by atoms with Crippen molar-refractivity contribution in [2.75, 3.05) is 26.9 Å². The number of nitrogens with one attached hydrogen (secondary N) is 1. The highest BCUT2D eigenvalue weighted by Gasteiger charge is 2.35. The first-order valence-electron chi connectivity index (χ1n) is 11.5. The van der Waals surface area contributed by atoms with Gasteiger partial charge >= 0.3 is 0 Å². The largest absolute Gasteiger partial charge is 0.381 e. The minimum Gasteiger partial charge on any atom is -0.381 e. The van der Waals surface area contributed by atoms with Gasteiger partial charge in [0.05, 0.1) is 34.6 Å². The fraction of sp³-hybridized carbons (Fsp3) is 0.308. The van der Waals surface area contributed by atoms with E-state index in [1.54, 1.807) is 35.5 Å². The number of carbonyl (C=O) groups is 1. The number of aromatic nitrogens is 4. The molecule has 8 nitrogen and oxygen atoms in total. The van der Waals surface area contributed by atoms with Crippen LogP contribution in [0.3, 0.4) is 0 Å². The number of carbonyl (C=O) groups excluding carboxylic acids is 1. The first-order valence-corrected chi connectivity index (χ1v) is 12.4. The zero-order chi connectivity index (χ0) is 24.1. The van der Waals surface area contributed by atoms with Gasteiger partial charge in [-0.05, 0) is 35.9 Å². The number of methoxy groups -OCH3 is 1. The average molecular weight is 490 g/mol. The molecule has 3 aromatic heterocycles. The molecule has 35 heavy (non-hydrogen) atoms. The van der Waals surface area contributed by atoms with Crippen molar-refractivity contribution in [3.8, 4) is 16.5 Å². The molecule has 0 unspecified atom stereocenters. The predicted molar refractivity (Wildman–Crippen MR) is 134 cm³/mol. The number of amides is 1. The number of thiophene rings is 1. The Kier molecular flexibility index (Phi) is 6.98. The van der Waals surface area contributed by atoms with Crippen LogP contribution in [0.1, 0.15) is 34.5 Å². The van der Waals surface area contributed by atoms with E-state index < -0.39 is 0 Å². The first-order chi connectivity index (χ1) is 17.2. The first kappa shape index (κ1) is 23.3. The lowest BCUT2D eigenvalue weighted by atomic mass is 9.74. The van der Waals surface area contributed by atoms with E-state index in [-0.39, 0.29) is 17.9 Å². The molecule has 5 rings (SSSR count). The number of ether oxygens (including phenoxy) is 2. The summed E-state index contributed by atoms with van der Waals surface area (Å²) in [6.45, 7) is 2.07. The van der Waals surface area contributed by atoms with Gasteiger partial charge in [-0.25, -0.2) is 9.97 Å². The topological polar surface area (TPSA) is 91.2 Å². The summed E-state index contributed by atoms with van der Waals surface area (Å²) in [6, 6.07) is 16.2. The van der Waals surface area contributed by atoms with Crippen molar-refractivity contribution in [3.63, 3.8) is 0 Å². The average Bonchev–Trinajstić information content (AvgIpc) is 3.60. The molecule has 1 aliphatic rings. The van der Waals surface area contributed by atoms with E-state index in [1.807, 2.05) is 41.8 Å². The molecule has 0 spiro atoms. The van der Waals surface area contributed by atoms with E-state index in [4.69, 9.17) is 9.47 Å². The molecule has 9 heteroatoms. The molecule has 1 fully saturated rings. The molecule has 4 heterocycles. The maximum absolute atomic E-state index is 13.4. The van der Waals surface area contributed by atoms with Gasteiger partial charge in [-0.3, -0.25) is 4.79 Å². The summed E-state index contributed by atoms with van der Waals surface area (Å²) in [5.41, 5.74) is 2.92. The molecule has 4 aromatic rings. The van der Waals surface area contributed by atoms with E-state index in [1.165, 1.54) is 5.56 Å². The molecule has 1 aromatic carbocycles. The standard InChI is InChI=1S/C26H27N5O3S/c1-33-17-22-20(16-29-31(22)25-27-12-9-21(30-25)23-8-5-15-35-23)24(32)28-18-26(10-13-34-14-11-26)19-6-3-2-4-7-19/h2-9,12,15-16H,10-11,13-14,17-18H2,1H3,(H,28,32). The van der Waals surface area contributed by atoms with Crippen LogP contribution >= 0.6 is 11.3 Å². The van der Waals surface area contributed by atoms with E-state index in [0.717, 1.165) is 23.4 Å². The lowest BCUT2D eigenvalue weighted by molar-refractivity contribution is 0.0487. The van der Waals surface area contributed by atoms with Gasteiger partial charge in [0, 0.05) is 38.5 Å². The smallest absolute Gasteiger partial charge is 0.254 e. The van der Waals surface area contributed by atoms with Crippen LogP contribution in [0.5, 0.6) is 0 Å². The van der Waals surface area contributed by atoms with Gasteiger partial charge < -0.3 is 14.8 Å². The number of benzene rings is 1. The molecule has 0 aliphatic carbocycles. The van der Waals surface area contributed by atoms with Crippen LogP contribution in [-0.4, -0.2) is 52.5 Å². The lowest BCUT2D eigenvalue weighted by Gasteiger charge is -2.38. The number of hydrogen-bond acceptors (Lipinski definition) is 7. The van der Waals surface area contributed by atoms with Crippen LogP contribution < -0.4 is 5.32 Å². The molecule has 1 aliphatic heterocycles. The molecule has 0 saturated carbocycles. The van der Waals surface area contributed by atoms with Crippen LogP contribution in [-0.2, 0) is 21.5 Å². The molecular formula is C26H27N5O3S. The Bertz CT molecular complexity index is 1270. The number of hydrogen-bond donors (Lipinski definition) is 1. The predicted octanol–water partition coefficient (Wildman–Crippen LogP) is 4.02. The Morgan fingerprint density at radius 1 is 1.17 bits per heavy atom. The van der Waals surface area contributed by atoms with Gasteiger partial charge in [-0.15, -0.1) is 11.3 Å². The second kappa shape index (κ2) is 10.5. The Morgan fingerprint density at radius 3 is 2.74 bits per heavy atom. The highest BCUT2D eigenvalue weighted by molar-refractivity contribution is 7.13. The summed E-state index contributed by atoms with van der Waals surface area (Å²) in [7, 11) is 1.59. The van der Waals surface area contributed by atoms with E-state index >= 15 is 0 Å². The summed E-state index contributed by atoms with van der Waals surface area (Å²) in [5, 5.41) is 9.62. The summed E-state index contributed by atoms with van der Waals surface area (Å²) in [4.78, 5) is 23.5. The Hall–Kier alpha value is -3.40. The molecule has 1 saturated heterocycles. The second-order valence-electron chi connectivity index (χ2n) is 8.51.